The lowest BCUT2D eigenvalue weighted by molar-refractivity contribution is 0.872. The second-order valence-corrected chi connectivity index (χ2v) is 4.71. The molecule has 1 heterocycles. The van der Waals surface area contributed by atoms with Crippen LogP contribution in [0.2, 0.25) is 0 Å². The van der Waals surface area contributed by atoms with E-state index in [1.165, 1.54) is 11.5 Å². The molecule has 3 nitrogen and oxygen atoms in total. The minimum atomic E-state index is 0.483. The van der Waals surface area contributed by atoms with E-state index in [9.17, 15) is 0 Å². The third kappa shape index (κ3) is 2.75. The molecule has 5 heteroatoms. The van der Waals surface area contributed by atoms with Gasteiger partial charge in [-0.05, 0) is 0 Å². The van der Waals surface area contributed by atoms with Gasteiger partial charge < -0.3 is 4.90 Å². The fourth-order valence-electron chi connectivity index (χ4n) is 0.791. The smallest absolute Gasteiger partial charge is 0.204 e. The highest BCUT2D eigenvalue weighted by Crippen LogP contribution is 2.13. The van der Waals surface area contributed by atoms with E-state index in [1.54, 1.807) is 6.33 Å². The summed E-state index contributed by atoms with van der Waals surface area (Å²) in [6, 6.07) is 0. The first kappa shape index (κ1) is 8.93. The Bertz CT molecular complexity index is 200. The number of halogens is 1. The molecule has 1 unspecified atom stereocenters. The Morgan fingerprint density at radius 1 is 1.82 bits per heavy atom. The normalized spacial score (nSPS) is 13.0. The van der Waals surface area contributed by atoms with Crippen LogP contribution in [-0.4, -0.2) is 27.8 Å². The van der Waals surface area contributed by atoms with E-state index in [-0.39, 0.29) is 0 Å². The zero-order chi connectivity index (χ0) is 8.27. The lowest BCUT2D eigenvalue weighted by atomic mass is 10.4. The molecule has 11 heavy (non-hydrogen) atoms. The van der Waals surface area contributed by atoms with Crippen molar-refractivity contribution in [1.29, 1.82) is 0 Å². The third-order valence-electron chi connectivity index (χ3n) is 1.20. The molecule has 62 valence electrons. The zero-order valence-corrected chi connectivity index (χ0v) is 8.89. The lowest BCUT2D eigenvalue weighted by Gasteiger charge is -2.15. The molecule has 1 atom stereocenters. The maximum atomic E-state index is 4.08. The average Bonchev–Trinajstić information content (AvgIpc) is 2.35. The van der Waals surface area contributed by atoms with Gasteiger partial charge in [0.25, 0.3) is 0 Å². The summed E-state index contributed by atoms with van der Waals surface area (Å²) in [5, 5.41) is 0.969. The van der Waals surface area contributed by atoms with E-state index in [0.29, 0.717) is 4.83 Å². The summed E-state index contributed by atoms with van der Waals surface area (Å²) in [5.41, 5.74) is 0. The van der Waals surface area contributed by atoms with Crippen LogP contribution >= 0.6 is 27.5 Å². The Balaban J connectivity index is 2.49. The number of aromatic nitrogens is 2. The molecule has 0 saturated carbocycles. The van der Waals surface area contributed by atoms with Crippen LogP contribution in [-0.2, 0) is 0 Å². The lowest BCUT2D eigenvalue weighted by Crippen LogP contribution is -2.23. The Hall–Kier alpha value is -0.160. The standard InChI is InChI=1S/C6H10BrN3S/c1-5(7)3-10(2)6-8-4-9-11-6/h4-5H,3H2,1-2H3. The van der Waals surface area contributed by atoms with Gasteiger partial charge in [-0.3, -0.25) is 0 Å². The van der Waals surface area contributed by atoms with Crippen LogP contribution < -0.4 is 4.90 Å². The van der Waals surface area contributed by atoms with Crippen LogP contribution in [0.1, 0.15) is 6.92 Å². The summed E-state index contributed by atoms with van der Waals surface area (Å²) in [5.74, 6) is 0. The molecular weight excluding hydrogens is 226 g/mol. The van der Waals surface area contributed by atoms with Gasteiger partial charge in [0.2, 0.25) is 5.13 Å². The Morgan fingerprint density at radius 2 is 2.55 bits per heavy atom. The molecule has 0 aliphatic rings. The van der Waals surface area contributed by atoms with Crippen LogP contribution in [0.25, 0.3) is 0 Å². The minimum Gasteiger partial charge on any atom is -0.349 e. The van der Waals surface area contributed by atoms with Crippen molar-refractivity contribution in [3.63, 3.8) is 0 Å². The van der Waals surface area contributed by atoms with E-state index >= 15 is 0 Å². The first-order valence-electron chi connectivity index (χ1n) is 3.32. The van der Waals surface area contributed by atoms with Crippen LogP contribution in [0.3, 0.4) is 0 Å². The summed E-state index contributed by atoms with van der Waals surface area (Å²) in [4.78, 5) is 6.64. The summed E-state index contributed by atoms with van der Waals surface area (Å²) in [7, 11) is 2.01. The number of hydrogen-bond donors (Lipinski definition) is 0. The van der Waals surface area contributed by atoms with Crippen LogP contribution in [0.4, 0.5) is 5.13 Å². The predicted molar refractivity (Wildman–Crippen MR) is 51.6 cm³/mol. The molecular formula is C6H10BrN3S. The summed E-state index contributed by atoms with van der Waals surface area (Å²) in [6.45, 7) is 3.06. The molecule has 0 bridgehead atoms. The molecule has 1 aromatic heterocycles. The van der Waals surface area contributed by atoms with Gasteiger partial charge in [-0.15, -0.1) is 0 Å². The third-order valence-corrected chi connectivity index (χ3v) is 2.27. The molecule has 0 aliphatic carbocycles. The average molecular weight is 236 g/mol. The number of anilines is 1. The van der Waals surface area contributed by atoms with Crippen molar-refractivity contribution in [2.45, 2.75) is 11.8 Å². The molecule has 0 aromatic carbocycles. The van der Waals surface area contributed by atoms with Crippen molar-refractivity contribution in [2.75, 3.05) is 18.5 Å². The number of rotatable bonds is 3. The number of hydrogen-bond acceptors (Lipinski definition) is 4. The van der Waals surface area contributed by atoms with Crippen LogP contribution in [0, 0.1) is 0 Å². The Labute approximate surface area is 78.7 Å². The second kappa shape index (κ2) is 4.01. The second-order valence-electron chi connectivity index (χ2n) is 2.39. The molecule has 0 amide bonds. The quantitative estimate of drug-likeness (QED) is 0.749. The maximum absolute atomic E-state index is 4.08. The molecule has 0 aliphatic heterocycles. The van der Waals surface area contributed by atoms with Crippen LogP contribution in [0.5, 0.6) is 0 Å². The fraction of sp³-hybridized carbons (Fsp3) is 0.667. The first-order valence-corrected chi connectivity index (χ1v) is 5.01. The van der Waals surface area contributed by atoms with Crippen molar-refractivity contribution in [3.8, 4) is 0 Å². The topological polar surface area (TPSA) is 29.0 Å². The highest BCUT2D eigenvalue weighted by molar-refractivity contribution is 9.09. The van der Waals surface area contributed by atoms with Gasteiger partial charge in [0.15, 0.2) is 0 Å². The molecule has 1 aromatic rings. The molecule has 0 spiro atoms. The minimum absolute atomic E-state index is 0.483. The Kier molecular flexibility index (Phi) is 3.26. The Morgan fingerprint density at radius 3 is 3.00 bits per heavy atom. The number of alkyl halides is 1. The van der Waals surface area contributed by atoms with Crippen molar-refractivity contribution in [2.24, 2.45) is 0 Å². The SMILES string of the molecule is CC(Br)CN(C)c1ncns1. The van der Waals surface area contributed by atoms with E-state index in [4.69, 9.17) is 0 Å². The van der Waals surface area contributed by atoms with E-state index in [2.05, 4.69) is 37.1 Å². The van der Waals surface area contributed by atoms with Gasteiger partial charge in [-0.2, -0.15) is 4.37 Å². The highest BCUT2D eigenvalue weighted by Gasteiger charge is 2.05. The largest absolute Gasteiger partial charge is 0.349 e. The van der Waals surface area contributed by atoms with Gasteiger partial charge in [-0.25, -0.2) is 4.98 Å². The van der Waals surface area contributed by atoms with Crippen molar-refractivity contribution < 1.29 is 0 Å². The van der Waals surface area contributed by atoms with E-state index < -0.39 is 0 Å². The van der Waals surface area contributed by atoms with Gasteiger partial charge in [0.1, 0.15) is 6.33 Å². The van der Waals surface area contributed by atoms with Gasteiger partial charge in [-0.1, -0.05) is 22.9 Å². The molecule has 0 fully saturated rings. The van der Waals surface area contributed by atoms with Crippen molar-refractivity contribution >= 4 is 32.6 Å². The van der Waals surface area contributed by atoms with Gasteiger partial charge in [0, 0.05) is 30.0 Å². The number of nitrogens with zero attached hydrogens (tertiary/aromatic N) is 3. The van der Waals surface area contributed by atoms with Gasteiger partial charge >= 0.3 is 0 Å². The zero-order valence-electron chi connectivity index (χ0n) is 6.49. The van der Waals surface area contributed by atoms with E-state index in [0.717, 1.165) is 11.7 Å². The molecule has 1 rings (SSSR count). The van der Waals surface area contributed by atoms with Crippen molar-refractivity contribution in [1.82, 2.24) is 9.36 Å². The molecule has 0 saturated heterocycles. The first-order chi connectivity index (χ1) is 5.20. The summed E-state index contributed by atoms with van der Waals surface area (Å²) < 4.78 is 3.92. The summed E-state index contributed by atoms with van der Waals surface area (Å²) >= 11 is 4.89. The maximum Gasteiger partial charge on any atom is 0.204 e. The molecule has 0 N–H and O–H groups in total. The highest BCUT2D eigenvalue weighted by atomic mass is 79.9. The predicted octanol–water partition coefficient (Wildman–Crippen LogP) is 1.76. The fourth-order valence-corrected chi connectivity index (χ4v) is 1.72. The monoisotopic (exact) mass is 235 g/mol. The molecule has 0 radical (unpaired) electrons. The van der Waals surface area contributed by atoms with Gasteiger partial charge in [0.05, 0.1) is 0 Å². The van der Waals surface area contributed by atoms with E-state index in [1.807, 2.05) is 7.05 Å². The van der Waals surface area contributed by atoms with Crippen molar-refractivity contribution in [3.05, 3.63) is 6.33 Å². The van der Waals surface area contributed by atoms with Crippen LogP contribution in [0.15, 0.2) is 6.33 Å². The summed E-state index contributed by atoms with van der Waals surface area (Å²) in [6.07, 6.45) is 1.58.